The van der Waals surface area contributed by atoms with E-state index < -0.39 is 75.7 Å². The van der Waals surface area contributed by atoms with Crippen molar-refractivity contribution in [3.63, 3.8) is 0 Å². The molecule has 1 fully saturated rings. The molecule has 0 unspecified atom stereocenters. The Balaban J connectivity index is 1.81. The summed E-state index contributed by atoms with van der Waals surface area (Å²) in [6.45, 7) is -0.386. The number of phenolic OH excluding ortho intramolecular Hbond substituents is 4. The van der Waals surface area contributed by atoms with Gasteiger partial charge in [-0.2, -0.15) is 0 Å². The van der Waals surface area contributed by atoms with Gasteiger partial charge in [-0.15, -0.1) is 0 Å². The molecule has 12 heteroatoms. The lowest BCUT2D eigenvalue weighted by molar-refractivity contribution is -0.242. The first kappa shape index (κ1) is 21.5. The fraction of sp³-hybridized carbons (Fsp3) is 0.250. The number of rotatable bonds is 3. The molecule has 0 bridgehead atoms. The second-order valence-electron chi connectivity index (χ2n) is 7.16. The highest BCUT2D eigenvalue weighted by atomic mass is 16.7. The molecule has 1 saturated heterocycles. The zero-order valence-corrected chi connectivity index (χ0v) is 16.0. The number of aliphatic hydroxyl groups excluding tert-OH is 3. The van der Waals surface area contributed by atoms with Crippen molar-refractivity contribution in [2.45, 2.75) is 24.6 Å². The molecule has 1 aliphatic rings. The Labute approximate surface area is 178 Å². The first-order chi connectivity index (χ1) is 15.1. The molecule has 2 aromatic carbocycles. The molecule has 32 heavy (non-hydrogen) atoms. The Kier molecular flexibility index (Phi) is 5.22. The van der Waals surface area contributed by atoms with Gasteiger partial charge in [-0.05, 0) is 12.1 Å². The van der Waals surface area contributed by atoms with Crippen molar-refractivity contribution in [1.82, 2.24) is 0 Å². The van der Waals surface area contributed by atoms with Crippen LogP contribution in [0.25, 0.3) is 22.3 Å². The minimum Gasteiger partial charge on any atom is -0.508 e. The van der Waals surface area contributed by atoms with Crippen molar-refractivity contribution < 1.29 is 54.7 Å². The van der Waals surface area contributed by atoms with Gasteiger partial charge in [0.2, 0.25) is 23.2 Å². The number of phenols is 4. The van der Waals surface area contributed by atoms with E-state index in [0.717, 1.165) is 24.3 Å². The molecule has 2 heterocycles. The molecule has 4 rings (SSSR count). The predicted octanol–water partition coefficient (Wildman–Crippen LogP) is -0.194. The van der Waals surface area contributed by atoms with Crippen molar-refractivity contribution in [3.05, 3.63) is 34.5 Å². The van der Waals surface area contributed by atoms with Crippen molar-refractivity contribution >= 4 is 11.0 Å². The van der Waals surface area contributed by atoms with E-state index in [1.165, 1.54) is 0 Å². The van der Waals surface area contributed by atoms with E-state index in [1.807, 2.05) is 0 Å². The minimum absolute atomic E-state index is 0.166. The molecule has 1 aliphatic heterocycles. The highest BCUT2D eigenvalue weighted by molar-refractivity contribution is 5.88. The van der Waals surface area contributed by atoms with E-state index in [9.17, 15) is 45.6 Å². The van der Waals surface area contributed by atoms with Gasteiger partial charge in [0, 0.05) is 17.7 Å². The summed E-state index contributed by atoms with van der Waals surface area (Å²) in [4.78, 5) is 12.5. The lowest BCUT2D eigenvalue weighted by atomic mass is 10.1. The molecule has 3 aromatic rings. The summed E-state index contributed by atoms with van der Waals surface area (Å²) in [5.74, 6) is -4.51. The lowest BCUT2D eigenvalue weighted by Crippen LogP contribution is -2.54. The van der Waals surface area contributed by atoms with Gasteiger partial charge in [0.1, 0.15) is 40.8 Å². The number of aliphatic hydroxyl groups is 3. The van der Waals surface area contributed by atoms with Crippen LogP contribution in [-0.4, -0.2) is 72.1 Å². The standard InChI is InChI=1S/C20H18O12/c21-7-3-8(22)13-11(4-7)31-19(17(28)16(13)27)6-1-9(23)14(25)12(2-6)32-20-18(29)15(26)10(24)5-30-20/h1-4,10,15,18,20-26,28-29H,5H2/t10-,15-,18+,20+/m0/s1. The topological polar surface area (TPSA) is 211 Å². The van der Waals surface area contributed by atoms with Gasteiger partial charge in [0.15, 0.2) is 17.3 Å². The highest BCUT2D eigenvalue weighted by Gasteiger charge is 2.39. The normalized spacial score (nSPS) is 23.3. The molecule has 0 aliphatic carbocycles. The predicted molar refractivity (Wildman–Crippen MR) is 105 cm³/mol. The number of aromatic hydroxyl groups is 5. The van der Waals surface area contributed by atoms with Gasteiger partial charge in [-0.25, -0.2) is 0 Å². The van der Waals surface area contributed by atoms with Crippen LogP contribution in [0, 0.1) is 0 Å². The molecular formula is C20H18O12. The summed E-state index contributed by atoms with van der Waals surface area (Å²) in [5, 5.41) is 79.0. The van der Waals surface area contributed by atoms with Gasteiger partial charge in [-0.1, -0.05) is 0 Å². The number of hydrogen-bond donors (Lipinski definition) is 8. The van der Waals surface area contributed by atoms with Gasteiger partial charge < -0.3 is 54.7 Å². The van der Waals surface area contributed by atoms with E-state index in [1.54, 1.807) is 0 Å². The molecule has 0 spiro atoms. The van der Waals surface area contributed by atoms with Crippen LogP contribution in [-0.2, 0) is 4.74 Å². The SMILES string of the molecule is O=c1c(O)c(-c2cc(O)c(O)c(O[C@H]3OC[C@H](O)[C@H](O)[C@H]3O)c2)oc2cc(O)cc(O)c12. The molecule has 12 nitrogen and oxygen atoms in total. The van der Waals surface area contributed by atoms with Gasteiger partial charge in [0.05, 0.1) is 6.61 Å². The molecule has 8 N–H and O–H groups in total. The van der Waals surface area contributed by atoms with Crippen molar-refractivity contribution in [3.8, 4) is 45.8 Å². The summed E-state index contributed by atoms with van der Waals surface area (Å²) in [6.07, 6.45) is -6.22. The minimum atomic E-state index is -1.71. The summed E-state index contributed by atoms with van der Waals surface area (Å²) in [5.41, 5.74) is -1.48. The summed E-state index contributed by atoms with van der Waals surface area (Å²) in [7, 11) is 0. The second-order valence-corrected chi connectivity index (χ2v) is 7.16. The third kappa shape index (κ3) is 3.50. The molecule has 0 radical (unpaired) electrons. The van der Waals surface area contributed by atoms with Crippen molar-refractivity contribution in [2.75, 3.05) is 6.61 Å². The number of benzene rings is 2. The lowest BCUT2D eigenvalue weighted by Gasteiger charge is -2.35. The molecule has 0 saturated carbocycles. The smallest absolute Gasteiger partial charge is 0.238 e. The van der Waals surface area contributed by atoms with Crippen LogP contribution in [0.15, 0.2) is 33.5 Å². The van der Waals surface area contributed by atoms with Gasteiger partial charge in [0.25, 0.3) is 0 Å². The maximum atomic E-state index is 12.5. The Morgan fingerprint density at radius 2 is 1.59 bits per heavy atom. The van der Waals surface area contributed by atoms with E-state index >= 15 is 0 Å². The van der Waals surface area contributed by atoms with Crippen LogP contribution in [0.5, 0.6) is 34.5 Å². The summed E-state index contributed by atoms with van der Waals surface area (Å²) in [6, 6.07) is 3.88. The third-order valence-electron chi connectivity index (χ3n) is 4.95. The van der Waals surface area contributed by atoms with E-state index in [-0.39, 0.29) is 17.8 Å². The Morgan fingerprint density at radius 1 is 0.875 bits per heavy atom. The first-order valence-electron chi connectivity index (χ1n) is 9.19. The molecule has 170 valence electrons. The Morgan fingerprint density at radius 3 is 2.31 bits per heavy atom. The second kappa shape index (κ2) is 7.76. The fourth-order valence-corrected chi connectivity index (χ4v) is 3.29. The van der Waals surface area contributed by atoms with Crippen LogP contribution in [0.3, 0.4) is 0 Å². The Hall–Kier alpha value is -3.71. The summed E-state index contributed by atoms with van der Waals surface area (Å²) < 4.78 is 15.9. The van der Waals surface area contributed by atoms with Gasteiger partial charge >= 0.3 is 0 Å². The van der Waals surface area contributed by atoms with Crippen LogP contribution in [0.1, 0.15) is 0 Å². The Bertz CT molecular complexity index is 1250. The van der Waals surface area contributed by atoms with Crippen molar-refractivity contribution in [2.24, 2.45) is 0 Å². The van der Waals surface area contributed by atoms with Crippen LogP contribution >= 0.6 is 0 Å². The van der Waals surface area contributed by atoms with E-state index in [2.05, 4.69) is 0 Å². The molecular weight excluding hydrogens is 432 g/mol. The van der Waals surface area contributed by atoms with Crippen LogP contribution in [0.4, 0.5) is 0 Å². The highest BCUT2D eigenvalue weighted by Crippen LogP contribution is 2.43. The maximum Gasteiger partial charge on any atom is 0.238 e. The molecule has 4 atom stereocenters. The van der Waals surface area contributed by atoms with Crippen molar-refractivity contribution in [1.29, 1.82) is 0 Å². The monoisotopic (exact) mass is 450 g/mol. The summed E-state index contributed by atoms with van der Waals surface area (Å²) >= 11 is 0. The zero-order valence-electron chi connectivity index (χ0n) is 16.0. The quantitative estimate of drug-likeness (QED) is 0.244. The van der Waals surface area contributed by atoms with E-state index in [4.69, 9.17) is 13.9 Å². The first-order valence-corrected chi connectivity index (χ1v) is 9.19. The van der Waals surface area contributed by atoms with Crippen LogP contribution in [0.2, 0.25) is 0 Å². The number of ether oxygens (including phenoxy) is 2. The molecule has 0 amide bonds. The van der Waals surface area contributed by atoms with Gasteiger partial charge in [-0.3, -0.25) is 4.79 Å². The van der Waals surface area contributed by atoms with Crippen LogP contribution < -0.4 is 10.2 Å². The zero-order chi connectivity index (χ0) is 23.3. The maximum absolute atomic E-state index is 12.5. The fourth-order valence-electron chi connectivity index (χ4n) is 3.29. The number of fused-ring (bicyclic) bond motifs is 1. The van der Waals surface area contributed by atoms with E-state index in [0.29, 0.717) is 0 Å². The average Bonchev–Trinajstić information content (AvgIpc) is 2.73. The number of hydrogen-bond acceptors (Lipinski definition) is 12. The average molecular weight is 450 g/mol. The molecule has 1 aromatic heterocycles. The largest absolute Gasteiger partial charge is 0.508 e. The third-order valence-corrected chi connectivity index (χ3v) is 4.95.